The lowest BCUT2D eigenvalue weighted by Gasteiger charge is -2.10. The van der Waals surface area contributed by atoms with Crippen molar-refractivity contribution in [2.75, 3.05) is 7.11 Å². The molecule has 0 fully saturated rings. The molecule has 0 aromatic heterocycles. The summed E-state index contributed by atoms with van der Waals surface area (Å²) < 4.78 is 18.2. The van der Waals surface area contributed by atoms with Gasteiger partial charge in [-0.3, -0.25) is 0 Å². The molecule has 0 saturated heterocycles. The highest BCUT2D eigenvalue weighted by Crippen LogP contribution is 2.19. The van der Waals surface area contributed by atoms with Crippen LogP contribution >= 0.6 is 11.6 Å². The minimum Gasteiger partial charge on any atom is -0.496 e. The molecule has 2 rings (SSSR count). The van der Waals surface area contributed by atoms with E-state index in [1.165, 1.54) is 12.1 Å². The van der Waals surface area contributed by atoms with Crippen molar-refractivity contribution in [1.82, 2.24) is 5.32 Å². The molecule has 1 N–H and O–H groups in total. The van der Waals surface area contributed by atoms with Gasteiger partial charge in [0.15, 0.2) is 0 Å². The summed E-state index contributed by atoms with van der Waals surface area (Å²) >= 11 is 5.97. The lowest BCUT2D eigenvalue weighted by Crippen LogP contribution is -2.13. The number of hydrogen-bond acceptors (Lipinski definition) is 2. The zero-order valence-corrected chi connectivity index (χ0v) is 11.4. The van der Waals surface area contributed by atoms with E-state index in [9.17, 15) is 4.39 Å². The highest BCUT2D eigenvalue weighted by atomic mass is 35.5. The van der Waals surface area contributed by atoms with E-state index in [0.717, 1.165) is 16.9 Å². The van der Waals surface area contributed by atoms with Crippen LogP contribution < -0.4 is 10.1 Å². The quantitative estimate of drug-likeness (QED) is 0.899. The molecule has 0 unspecified atom stereocenters. The van der Waals surface area contributed by atoms with Crippen molar-refractivity contribution in [3.8, 4) is 5.75 Å². The number of hydrogen-bond donors (Lipinski definition) is 1. The van der Waals surface area contributed by atoms with E-state index >= 15 is 0 Å². The second kappa shape index (κ2) is 6.55. The molecule has 0 aliphatic carbocycles. The molecule has 100 valence electrons. The van der Waals surface area contributed by atoms with E-state index < -0.39 is 0 Å². The maximum absolute atomic E-state index is 12.9. The van der Waals surface area contributed by atoms with Gasteiger partial charge in [0.1, 0.15) is 11.6 Å². The van der Waals surface area contributed by atoms with Gasteiger partial charge < -0.3 is 10.1 Å². The van der Waals surface area contributed by atoms with Gasteiger partial charge in [0.05, 0.1) is 7.11 Å². The van der Waals surface area contributed by atoms with E-state index in [-0.39, 0.29) is 5.82 Å². The second-order valence-corrected chi connectivity index (χ2v) is 4.56. The van der Waals surface area contributed by atoms with Crippen LogP contribution in [0.15, 0.2) is 42.5 Å². The first-order valence-corrected chi connectivity index (χ1v) is 6.35. The Balaban J connectivity index is 1.96. The highest BCUT2D eigenvalue weighted by molar-refractivity contribution is 6.31. The maximum Gasteiger partial charge on any atom is 0.124 e. The molecular formula is C15H15ClFNO. The number of methoxy groups -OCH3 is 1. The van der Waals surface area contributed by atoms with Crippen LogP contribution in [0.4, 0.5) is 4.39 Å². The molecule has 0 heterocycles. The third-order valence-corrected chi connectivity index (χ3v) is 3.19. The number of benzene rings is 2. The van der Waals surface area contributed by atoms with E-state index in [1.807, 2.05) is 24.3 Å². The summed E-state index contributed by atoms with van der Waals surface area (Å²) in [4.78, 5) is 0. The average molecular weight is 280 g/mol. The Hall–Kier alpha value is -1.58. The van der Waals surface area contributed by atoms with Crippen LogP contribution in [-0.4, -0.2) is 7.11 Å². The Morgan fingerprint density at radius 2 is 1.84 bits per heavy atom. The van der Waals surface area contributed by atoms with Gasteiger partial charge in [-0.25, -0.2) is 4.39 Å². The zero-order chi connectivity index (χ0) is 13.7. The van der Waals surface area contributed by atoms with Crippen LogP contribution in [0.25, 0.3) is 0 Å². The Bertz CT molecular complexity index is 560. The number of ether oxygens (including phenoxy) is 1. The van der Waals surface area contributed by atoms with Crippen LogP contribution in [0.2, 0.25) is 5.02 Å². The first kappa shape index (κ1) is 13.8. The Labute approximate surface area is 117 Å². The molecule has 0 atom stereocenters. The van der Waals surface area contributed by atoms with Gasteiger partial charge in [-0.2, -0.15) is 0 Å². The minimum atomic E-state index is -0.321. The third kappa shape index (κ3) is 3.69. The number of para-hydroxylation sites is 1. The van der Waals surface area contributed by atoms with Crippen LogP contribution in [0.1, 0.15) is 11.1 Å². The van der Waals surface area contributed by atoms with Crippen LogP contribution in [0, 0.1) is 5.82 Å². The molecule has 0 aliphatic rings. The molecule has 0 bridgehead atoms. The normalized spacial score (nSPS) is 10.5. The molecule has 4 heteroatoms. The molecule has 0 saturated carbocycles. The predicted octanol–water partition coefficient (Wildman–Crippen LogP) is 3.78. The van der Waals surface area contributed by atoms with Crippen molar-refractivity contribution < 1.29 is 9.13 Å². The molecular weight excluding hydrogens is 265 g/mol. The Morgan fingerprint density at radius 1 is 1.11 bits per heavy atom. The monoisotopic (exact) mass is 279 g/mol. The van der Waals surface area contributed by atoms with Gasteiger partial charge in [-0.1, -0.05) is 35.9 Å². The summed E-state index contributed by atoms with van der Waals surface area (Å²) in [5.41, 5.74) is 1.95. The van der Waals surface area contributed by atoms with Gasteiger partial charge in [0, 0.05) is 23.7 Å². The van der Waals surface area contributed by atoms with Crippen molar-refractivity contribution in [2.45, 2.75) is 13.1 Å². The van der Waals surface area contributed by atoms with Gasteiger partial charge in [0.2, 0.25) is 0 Å². The second-order valence-electron chi connectivity index (χ2n) is 4.15. The fourth-order valence-electron chi connectivity index (χ4n) is 1.85. The summed E-state index contributed by atoms with van der Waals surface area (Å²) in [6, 6.07) is 12.2. The van der Waals surface area contributed by atoms with Gasteiger partial charge in [-0.15, -0.1) is 0 Å². The van der Waals surface area contributed by atoms with E-state index in [1.54, 1.807) is 13.2 Å². The SMILES string of the molecule is COc1ccccc1CNCc1ccc(F)cc1Cl. The molecule has 0 spiro atoms. The standard InChI is InChI=1S/C15H15ClFNO/c1-19-15-5-3-2-4-12(15)10-18-9-11-6-7-13(17)8-14(11)16/h2-8,18H,9-10H2,1H3. The molecule has 19 heavy (non-hydrogen) atoms. The van der Waals surface area contributed by atoms with Gasteiger partial charge in [0.25, 0.3) is 0 Å². The fourth-order valence-corrected chi connectivity index (χ4v) is 2.08. The van der Waals surface area contributed by atoms with Gasteiger partial charge in [-0.05, 0) is 23.8 Å². The smallest absolute Gasteiger partial charge is 0.124 e. The number of halogens is 2. The molecule has 0 radical (unpaired) electrons. The van der Waals surface area contributed by atoms with Crippen molar-refractivity contribution in [2.24, 2.45) is 0 Å². The van der Waals surface area contributed by atoms with E-state index in [4.69, 9.17) is 16.3 Å². The number of nitrogens with one attached hydrogen (secondary N) is 1. The van der Waals surface area contributed by atoms with Gasteiger partial charge >= 0.3 is 0 Å². The Morgan fingerprint density at radius 3 is 2.58 bits per heavy atom. The molecule has 0 amide bonds. The third-order valence-electron chi connectivity index (χ3n) is 2.84. The number of rotatable bonds is 5. The molecule has 0 aliphatic heterocycles. The van der Waals surface area contributed by atoms with Crippen LogP contribution in [-0.2, 0) is 13.1 Å². The highest BCUT2D eigenvalue weighted by Gasteiger charge is 2.04. The summed E-state index contributed by atoms with van der Waals surface area (Å²) in [5, 5.41) is 3.70. The lowest BCUT2D eigenvalue weighted by molar-refractivity contribution is 0.407. The molecule has 2 nitrogen and oxygen atoms in total. The van der Waals surface area contributed by atoms with Crippen molar-refractivity contribution in [1.29, 1.82) is 0 Å². The zero-order valence-electron chi connectivity index (χ0n) is 10.6. The Kier molecular flexibility index (Phi) is 4.77. The first-order valence-electron chi connectivity index (χ1n) is 5.97. The topological polar surface area (TPSA) is 21.3 Å². The van der Waals surface area contributed by atoms with Crippen LogP contribution in [0.3, 0.4) is 0 Å². The summed E-state index contributed by atoms with van der Waals surface area (Å²) in [7, 11) is 1.65. The summed E-state index contributed by atoms with van der Waals surface area (Å²) in [6.45, 7) is 1.24. The van der Waals surface area contributed by atoms with E-state index in [0.29, 0.717) is 18.1 Å². The van der Waals surface area contributed by atoms with Crippen molar-refractivity contribution in [3.63, 3.8) is 0 Å². The van der Waals surface area contributed by atoms with Crippen molar-refractivity contribution >= 4 is 11.6 Å². The lowest BCUT2D eigenvalue weighted by atomic mass is 10.2. The molecule has 2 aromatic carbocycles. The maximum atomic E-state index is 12.9. The predicted molar refractivity (Wildman–Crippen MR) is 74.9 cm³/mol. The summed E-state index contributed by atoms with van der Waals surface area (Å²) in [6.07, 6.45) is 0. The minimum absolute atomic E-state index is 0.321. The van der Waals surface area contributed by atoms with Crippen molar-refractivity contribution in [3.05, 3.63) is 64.4 Å². The fraction of sp³-hybridized carbons (Fsp3) is 0.200. The molecule has 2 aromatic rings. The summed E-state index contributed by atoms with van der Waals surface area (Å²) in [5.74, 6) is 0.527. The average Bonchev–Trinajstić information content (AvgIpc) is 2.42. The van der Waals surface area contributed by atoms with Crippen LogP contribution in [0.5, 0.6) is 5.75 Å². The van der Waals surface area contributed by atoms with E-state index in [2.05, 4.69) is 5.32 Å². The first-order chi connectivity index (χ1) is 9.20. The largest absolute Gasteiger partial charge is 0.496 e.